The first-order chi connectivity index (χ1) is 5.70. The Morgan fingerprint density at radius 2 is 1.92 bits per heavy atom. The molecule has 0 aliphatic rings. The molecule has 0 atom stereocenters. The van der Waals surface area contributed by atoms with Crippen molar-refractivity contribution in [2.75, 3.05) is 18.5 Å². The van der Waals surface area contributed by atoms with Crippen LogP contribution in [-0.4, -0.2) is 76.1 Å². The average Bonchev–Trinajstić information content (AvgIpc) is 2.05. The van der Waals surface area contributed by atoms with Crippen molar-refractivity contribution in [2.24, 2.45) is 0 Å². The summed E-state index contributed by atoms with van der Waals surface area (Å²) in [5.74, 6) is -0.818. The zero-order valence-electron chi connectivity index (χ0n) is 6.90. The number of nitrogens with zero attached hydrogens (tertiary/aromatic N) is 1. The summed E-state index contributed by atoms with van der Waals surface area (Å²) in [7, 11) is 1.75. The van der Waals surface area contributed by atoms with Crippen LogP contribution in [0.4, 0.5) is 5.69 Å². The topological polar surface area (TPSA) is 40.5 Å². The minimum absolute atomic E-state index is 0. The van der Waals surface area contributed by atoms with E-state index in [2.05, 4.69) is 0 Å². The Morgan fingerprint density at radius 1 is 1.38 bits per heavy atom. The SMILES string of the molecule is CN(CC(=O)O)c1ccccc1.[KH]. The number of para-hydroxylation sites is 1. The number of likely N-dealkylation sites (N-methyl/N-ethyl adjacent to an activating group) is 1. The van der Waals surface area contributed by atoms with Crippen molar-refractivity contribution in [1.29, 1.82) is 0 Å². The van der Waals surface area contributed by atoms with Gasteiger partial charge in [-0.25, -0.2) is 0 Å². The molecule has 0 fully saturated rings. The fraction of sp³-hybridized carbons (Fsp3) is 0.222. The van der Waals surface area contributed by atoms with E-state index in [4.69, 9.17) is 5.11 Å². The molecule has 0 saturated heterocycles. The Balaban J connectivity index is 0.00000144. The molecule has 0 radical (unpaired) electrons. The third-order valence-electron chi connectivity index (χ3n) is 1.57. The molecular weight excluding hydrogens is 193 g/mol. The normalized spacial score (nSPS) is 8.69. The van der Waals surface area contributed by atoms with E-state index < -0.39 is 5.97 Å². The second-order valence-electron chi connectivity index (χ2n) is 2.59. The molecule has 0 spiro atoms. The summed E-state index contributed by atoms with van der Waals surface area (Å²) in [6, 6.07) is 9.42. The van der Waals surface area contributed by atoms with Gasteiger partial charge in [-0.1, -0.05) is 18.2 Å². The van der Waals surface area contributed by atoms with Crippen molar-refractivity contribution in [1.82, 2.24) is 0 Å². The van der Waals surface area contributed by atoms with Crippen molar-refractivity contribution in [3.8, 4) is 0 Å². The maximum absolute atomic E-state index is 10.3. The molecule has 0 aliphatic heterocycles. The Kier molecular flexibility index (Phi) is 6.62. The fourth-order valence-electron chi connectivity index (χ4n) is 0.977. The zero-order chi connectivity index (χ0) is 8.97. The molecule has 13 heavy (non-hydrogen) atoms. The van der Waals surface area contributed by atoms with Gasteiger partial charge in [0.25, 0.3) is 0 Å². The van der Waals surface area contributed by atoms with Crippen LogP contribution in [-0.2, 0) is 4.79 Å². The van der Waals surface area contributed by atoms with Gasteiger partial charge in [-0.2, -0.15) is 0 Å². The van der Waals surface area contributed by atoms with Gasteiger partial charge in [0.15, 0.2) is 0 Å². The quantitative estimate of drug-likeness (QED) is 0.733. The van der Waals surface area contributed by atoms with Crippen LogP contribution in [0, 0.1) is 0 Å². The molecule has 0 unspecified atom stereocenters. The number of anilines is 1. The second-order valence-corrected chi connectivity index (χ2v) is 2.59. The van der Waals surface area contributed by atoms with Crippen molar-refractivity contribution in [2.45, 2.75) is 0 Å². The summed E-state index contributed by atoms with van der Waals surface area (Å²) in [6.07, 6.45) is 0. The van der Waals surface area contributed by atoms with Gasteiger partial charge in [0.2, 0.25) is 0 Å². The Morgan fingerprint density at radius 3 is 2.38 bits per heavy atom. The molecule has 0 saturated carbocycles. The van der Waals surface area contributed by atoms with E-state index >= 15 is 0 Å². The third kappa shape index (κ3) is 4.78. The van der Waals surface area contributed by atoms with E-state index in [0.29, 0.717) is 0 Å². The molecule has 0 bridgehead atoms. The van der Waals surface area contributed by atoms with Gasteiger partial charge in [-0.3, -0.25) is 4.79 Å². The van der Waals surface area contributed by atoms with Gasteiger partial charge in [0.05, 0.1) is 0 Å². The van der Waals surface area contributed by atoms with Gasteiger partial charge in [-0.05, 0) is 12.1 Å². The van der Waals surface area contributed by atoms with E-state index in [1.54, 1.807) is 11.9 Å². The number of benzene rings is 1. The number of carboxylic acids is 1. The summed E-state index contributed by atoms with van der Waals surface area (Å²) >= 11 is 0. The van der Waals surface area contributed by atoms with Gasteiger partial charge in [0, 0.05) is 12.7 Å². The van der Waals surface area contributed by atoms with E-state index in [1.165, 1.54) is 0 Å². The minimum atomic E-state index is -0.818. The first kappa shape index (κ1) is 13.1. The van der Waals surface area contributed by atoms with Gasteiger partial charge in [0.1, 0.15) is 6.54 Å². The standard InChI is InChI=1S/C9H11NO2.K.H/c1-10(7-9(11)12)8-5-3-2-4-6-8;;/h2-6H,7H2,1H3,(H,11,12);;. The molecule has 1 aromatic carbocycles. The summed E-state index contributed by atoms with van der Waals surface area (Å²) in [4.78, 5) is 12.0. The first-order valence-corrected chi connectivity index (χ1v) is 3.68. The average molecular weight is 205 g/mol. The fourth-order valence-corrected chi connectivity index (χ4v) is 0.977. The van der Waals surface area contributed by atoms with Crippen molar-refractivity contribution < 1.29 is 9.90 Å². The van der Waals surface area contributed by atoms with E-state index in [9.17, 15) is 4.79 Å². The predicted octanol–water partition coefficient (Wildman–Crippen LogP) is 0.559. The van der Waals surface area contributed by atoms with E-state index in [-0.39, 0.29) is 57.9 Å². The molecule has 1 aromatic rings. The molecule has 0 aliphatic carbocycles. The van der Waals surface area contributed by atoms with Crippen LogP contribution in [0.3, 0.4) is 0 Å². The summed E-state index contributed by atoms with van der Waals surface area (Å²) in [5.41, 5.74) is 0.917. The van der Waals surface area contributed by atoms with Gasteiger partial charge >= 0.3 is 57.4 Å². The Hall–Kier alpha value is 0.126. The van der Waals surface area contributed by atoms with E-state index in [0.717, 1.165) is 5.69 Å². The van der Waals surface area contributed by atoms with Crippen LogP contribution in [0.15, 0.2) is 30.3 Å². The molecular formula is C9H12KNO2. The molecule has 0 aromatic heterocycles. The Bertz CT molecular complexity index is 264. The Labute approximate surface area is 120 Å². The van der Waals surface area contributed by atoms with Crippen LogP contribution in [0.1, 0.15) is 0 Å². The second kappa shape index (κ2) is 6.56. The predicted molar refractivity (Wildman–Crippen MR) is 54.5 cm³/mol. The number of carboxylic acid groups (broad SMARTS) is 1. The molecule has 66 valence electrons. The summed E-state index contributed by atoms with van der Waals surface area (Å²) in [6.45, 7) is 0.0318. The number of carbonyl (C=O) groups is 1. The number of hydrogen-bond acceptors (Lipinski definition) is 2. The molecule has 1 rings (SSSR count). The van der Waals surface area contributed by atoms with Crippen LogP contribution in [0.2, 0.25) is 0 Å². The molecule has 0 heterocycles. The van der Waals surface area contributed by atoms with Crippen molar-refractivity contribution in [3.63, 3.8) is 0 Å². The van der Waals surface area contributed by atoms with Gasteiger partial charge in [-0.15, -0.1) is 0 Å². The third-order valence-corrected chi connectivity index (χ3v) is 1.57. The van der Waals surface area contributed by atoms with Crippen LogP contribution in [0.25, 0.3) is 0 Å². The molecule has 4 heteroatoms. The number of aliphatic carboxylic acids is 1. The summed E-state index contributed by atoms with van der Waals surface area (Å²) < 4.78 is 0. The molecule has 1 N–H and O–H groups in total. The van der Waals surface area contributed by atoms with E-state index in [1.807, 2.05) is 30.3 Å². The van der Waals surface area contributed by atoms with Crippen molar-refractivity contribution >= 4 is 63.0 Å². The number of hydrogen-bond donors (Lipinski definition) is 1. The van der Waals surface area contributed by atoms with Crippen LogP contribution >= 0.6 is 0 Å². The van der Waals surface area contributed by atoms with Gasteiger partial charge < -0.3 is 10.0 Å². The number of rotatable bonds is 3. The zero-order valence-corrected chi connectivity index (χ0v) is 6.90. The molecule has 0 amide bonds. The van der Waals surface area contributed by atoms with Crippen LogP contribution < -0.4 is 4.90 Å². The monoisotopic (exact) mass is 205 g/mol. The summed E-state index contributed by atoms with van der Waals surface area (Å²) in [5, 5.41) is 8.50. The first-order valence-electron chi connectivity index (χ1n) is 3.68. The van der Waals surface area contributed by atoms with Crippen LogP contribution in [0.5, 0.6) is 0 Å². The van der Waals surface area contributed by atoms with Crippen molar-refractivity contribution in [3.05, 3.63) is 30.3 Å². The maximum atomic E-state index is 10.3. The molecule has 3 nitrogen and oxygen atoms in total.